The molecule has 0 amide bonds. The molecule has 1 heterocycles. The minimum absolute atomic E-state index is 0.00283. The zero-order valence-corrected chi connectivity index (χ0v) is 12.5. The van der Waals surface area contributed by atoms with E-state index in [0.717, 1.165) is 23.0 Å². The molecule has 0 radical (unpaired) electrons. The second kappa shape index (κ2) is 6.80. The number of nitrogens with one attached hydrogen (secondary N) is 1. The maximum Gasteiger partial charge on any atom is 0.0731 e. The van der Waals surface area contributed by atoms with Crippen LogP contribution < -0.4 is 11.3 Å². The first-order chi connectivity index (χ1) is 9.24. The Morgan fingerprint density at radius 3 is 2.47 bits per heavy atom. The number of aryl methyl sites for hydroxylation is 1. The lowest BCUT2D eigenvalue weighted by molar-refractivity contribution is 0.536. The number of nitrogens with two attached hydrogens (primary N) is 1. The van der Waals surface area contributed by atoms with Crippen molar-refractivity contribution in [2.45, 2.75) is 25.8 Å². The van der Waals surface area contributed by atoms with Crippen molar-refractivity contribution >= 4 is 15.9 Å². The summed E-state index contributed by atoms with van der Waals surface area (Å²) in [5.41, 5.74) is 6.37. The molecule has 0 aliphatic rings. The largest absolute Gasteiger partial charge is 0.271 e. The van der Waals surface area contributed by atoms with E-state index < -0.39 is 0 Å². The summed E-state index contributed by atoms with van der Waals surface area (Å²) in [6.07, 6.45) is 3.66. The van der Waals surface area contributed by atoms with Crippen molar-refractivity contribution in [1.82, 2.24) is 10.4 Å². The fourth-order valence-electron chi connectivity index (χ4n) is 2.04. The molecule has 0 aliphatic heterocycles. The zero-order valence-electron chi connectivity index (χ0n) is 10.9. The number of pyridine rings is 1. The molecule has 0 aliphatic carbocycles. The Bertz CT molecular complexity index is 525. The van der Waals surface area contributed by atoms with Gasteiger partial charge >= 0.3 is 0 Å². The molecule has 0 bridgehead atoms. The second-order valence-corrected chi connectivity index (χ2v) is 5.32. The van der Waals surface area contributed by atoms with Gasteiger partial charge in [-0.3, -0.25) is 16.3 Å². The quantitative estimate of drug-likeness (QED) is 0.657. The number of hydrazine groups is 1. The van der Waals surface area contributed by atoms with Gasteiger partial charge in [0.05, 0.1) is 11.7 Å². The van der Waals surface area contributed by atoms with Crippen LogP contribution >= 0.6 is 15.9 Å². The van der Waals surface area contributed by atoms with Crippen LogP contribution in [0.15, 0.2) is 47.1 Å². The van der Waals surface area contributed by atoms with E-state index in [-0.39, 0.29) is 6.04 Å². The van der Waals surface area contributed by atoms with E-state index >= 15 is 0 Å². The molecule has 0 spiro atoms. The summed E-state index contributed by atoms with van der Waals surface area (Å²) in [5, 5.41) is 0. The van der Waals surface area contributed by atoms with Crippen molar-refractivity contribution in [3.05, 3.63) is 63.9 Å². The van der Waals surface area contributed by atoms with E-state index in [1.54, 1.807) is 6.20 Å². The van der Waals surface area contributed by atoms with E-state index in [4.69, 9.17) is 5.84 Å². The van der Waals surface area contributed by atoms with E-state index in [9.17, 15) is 0 Å². The van der Waals surface area contributed by atoms with Gasteiger partial charge in [-0.2, -0.15) is 0 Å². The molecule has 0 fully saturated rings. The summed E-state index contributed by atoms with van der Waals surface area (Å²) in [7, 11) is 0. The molecule has 1 atom stereocenters. The predicted octanol–water partition coefficient (Wildman–Crippen LogP) is 3.15. The molecule has 100 valence electrons. The molecule has 1 aromatic carbocycles. The van der Waals surface area contributed by atoms with Gasteiger partial charge in [0.25, 0.3) is 0 Å². The van der Waals surface area contributed by atoms with Crippen LogP contribution in [-0.2, 0) is 12.8 Å². The van der Waals surface area contributed by atoms with E-state index in [1.807, 2.05) is 12.1 Å². The van der Waals surface area contributed by atoms with Crippen molar-refractivity contribution in [3.8, 4) is 0 Å². The van der Waals surface area contributed by atoms with Gasteiger partial charge in [0, 0.05) is 10.7 Å². The van der Waals surface area contributed by atoms with Crippen LogP contribution in [0.4, 0.5) is 0 Å². The molecule has 3 N–H and O–H groups in total. The van der Waals surface area contributed by atoms with Crippen LogP contribution in [0.5, 0.6) is 0 Å². The Morgan fingerprint density at radius 1 is 1.21 bits per heavy atom. The molecule has 4 heteroatoms. The molecule has 2 rings (SSSR count). The topological polar surface area (TPSA) is 50.9 Å². The highest BCUT2D eigenvalue weighted by Crippen LogP contribution is 2.23. The summed E-state index contributed by atoms with van der Waals surface area (Å²) >= 11 is 3.52. The van der Waals surface area contributed by atoms with Gasteiger partial charge in [-0.15, -0.1) is 0 Å². The van der Waals surface area contributed by atoms with Gasteiger partial charge in [-0.25, -0.2) is 0 Å². The van der Waals surface area contributed by atoms with Crippen LogP contribution in [0.25, 0.3) is 0 Å². The van der Waals surface area contributed by atoms with Gasteiger partial charge < -0.3 is 0 Å². The Morgan fingerprint density at radius 2 is 1.89 bits per heavy atom. The minimum atomic E-state index is 0.00283. The predicted molar refractivity (Wildman–Crippen MR) is 81.5 cm³/mol. The van der Waals surface area contributed by atoms with Crippen molar-refractivity contribution in [2.75, 3.05) is 0 Å². The van der Waals surface area contributed by atoms with Gasteiger partial charge in [0.1, 0.15) is 0 Å². The van der Waals surface area contributed by atoms with Crippen LogP contribution in [0.1, 0.15) is 29.8 Å². The third-order valence-electron chi connectivity index (χ3n) is 3.19. The SMILES string of the molecule is CCc1ccc(CC(NN)c2ncccc2Br)cc1. The molecule has 0 saturated heterocycles. The molecular formula is C15H18BrN3. The molecular weight excluding hydrogens is 302 g/mol. The number of hydrogen-bond acceptors (Lipinski definition) is 3. The Labute approximate surface area is 122 Å². The summed E-state index contributed by atoms with van der Waals surface area (Å²) in [6, 6.07) is 12.5. The smallest absolute Gasteiger partial charge is 0.0731 e. The summed E-state index contributed by atoms with van der Waals surface area (Å²) in [5.74, 6) is 5.67. The number of benzene rings is 1. The first kappa shape index (κ1) is 14.2. The average molecular weight is 320 g/mol. The Kier molecular flexibility index (Phi) is 5.07. The van der Waals surface area contributed by atoms with Gasteiger partial charge in [-0.1, -0.05) is 31.2 Å². The Balaban J connectivity index is 2.17. The number of aromatic nitrogens is 1. The van der Waals surface area contributed by atoms with Gasteiger partial charge in [-0.05, 0) is 52.0 Å². The molecule has 2 aromatic rings. The first-order valence-electron chi connectivity index (χ1n) is 6.39. The molecule has 1 unspecified atom stereocenters. The maximum atomic E-state index is 5.67. The van der Waals surface area contributed by atoms with Crippen molar-refractivity contribution in [1.29, 1.82) is 0 Å². The van der Waals surface area contributed by atoms with E-state index in [0.29, 0.717) is 0 Å². The van der Waals surface area contributed by atoms with Crippen LogP contribution in [0, 0.1) is 0 Å². The van der Waals surface area contributed by atoms with Crippen molar-refractivity contribution in [3.63, 3.8) is 0 Å². The van der Waals surface area contributed by atoms with E-state index in [1.165, 1.54) is 11.1 Å². The standard InChI is InChI=1S/C15H18BrN3/c1-2-11-5-7-12(8-6-11)10-14(19-17)15-13(16)4-3-9-18-15/h3-9,14,19H,2,10,17H2,1H3. The normalized spacial score (nSPS) is 12.4. The third kappa shape index (κ3) is 3.62. The summed E-state index contributed by atoms with van der Waals surface area (Å²) in [4.78, 5) is 4.39. The van der Waals surface area contributed by atoms with Crippen molar-refractivity contribution in [2.24, 2.45) is 5.84 Å². The van der Waals surface area contributed by atoms with Crippen LogP contribution in [0.2, 0.25) is 0 Å². The third-order valence-corrected chi connectivity index (χ3v) is 3.86. The lowest BCUT2D eigenvalue weighted by Crippen LogP contribution is -2.30. The maximum absolute atomic E-state index is 5.67. The molecule has 19 heavy (non-hydrogen) atoms. The lowest BCUT2D eigenvalue weighted by atomic mass is 10.0. The number of halogens is 1. The first-order valence-corrected chi connectivity index (χ1v) is 7.18. The summed E-state index contributed by atoms with van der Waals surface area (Å²) < 4.78 is 0.975. The highest BCUT2D eigenvalue weighted by atomic mass is 79.9. The lowest BCUT2D eigenvalue weighted by Gasteiger charge is -2.17. The fourth-order valence-corrected chi connectivity index (χ4v) is 2.57. The second-order valence-electron chi connectivity index (χ2n) is 4.46. The van der Waals surface area contributed by atoms with Crippen molar-refractivity contribution < 1.29 is 0 Å². The van der Waals surface area contributed by atoms with Gasteiger partial charge in [0.15, 0.2) is 0 Å². The summed E-state index contributed by atoms with van der Waals surface area (Å²) in [6.45, 7) is 2.16. The van der Waals surface area contributed by atoms with E-state index in [2.05, 4.69) is 57.5 Å². The number of rotatable bonds is 5. The van der Waals surface area contributed by atoms with Crippen LogP contribution in [0.3, 0.4) is 0 Å². The van der Waals surface area contributed by atoms with Gasteiger partial charge in [0.2, 0.25) is 0 Å². The number of hydrogen-bond donors (Lipinski definition) is 2. The average Bonchev–Trinajstić information content (AvgIpc) is 2.46. The number of nitrogens with zero attached hydrogens (tertiary/aromatic N) is 1. The zero-order chi connectivity index (χ0) is 13.7. The van der Waals surface area contributed by atoms with Crippen LogP contribution in [-0.4, -0.2) is 4.98 Å². The molecule has 3 nitrogen and oxygen atoms in total. The highest BCUT2D eigenvalue weighted by molar-refractivity contribution is 9.10. The molecule has 0 saturated carbocycles. The monoisotopic (exact) mass is 319 g/mol. The highest BCUT2D eigenvalue weighted by Gasteiger charge is 2.14. The fraction of sp³-hybridized carbons (Fsp3) is 0.267. The molecule has 1 aromatic heterocycles. The Hall–Kier alpha value is -1.23. The minimum Gasteiger partial charge on any atom is -0.271 e.